The first-order chi connectivity index (χ1) is 28.5. The molecule has 3 nitrogen and oxygen atoms in total. The number of aromatic nitrogens is 3. The Hall–Kier alpha value is -7.01. The fourth-order valence-corrected chi connectivity index (χ4v) is 9.85. The minimum Gasteiger partial charge on any atom is -0.208 e. The molecule has 58 heavy (non-hydrogen) atoms. The van der Waals surface area contributed by atoms with Crippen molar-refractivity contribution in [3.05, 3.63) is 199 Å². The van der Waals surface area contributed by atoms with Crippen molar-refractivity contribution in [2.24, 2.45) is 0 Å². The molecule has 0 saturated heterocycles. The van der Waals surface area contributed by atoms with E-state index >= 15 is 0 Å². The van der Waals surface area contributed by atoms with Gasteiger partial charge in [0.1, 0.15) is 0 Å². The molecule has 10 aromatic rings. The van der Waals surface area contributed by atoms with Crippen molar-refractivity contribution in [3.8, 4) is 78.7 Å². The molecule has 0 fully saturated rings. The van der Waals surface area contributed by atoms with Gasteiger partial charge < -0.3 is 0 Å². The maximum Gasteiger partial charge on any atom is 0.164 e. The summed E-state index contributed by atoms with van der Waals surface area (Å²) in [6.45, 7) is 4.66. The van der Waals surface area contributed by atoms with Crippen LogP contribution in [0.5, 0.6) is 0 Å². The molecule has 0 amide bonds. The van der Waals surface area contributed by atoms with Crippen molar-refractivity contribution >= 4 is 31.5 Å². The van der Waals surface area contributed by atoms with Gasteiger partial charge >= 0.3 is 0 Å². The molecule has 0 saturated carbocycles. The second kappa shape index (κ2) is 13.6. The van der Waals surface area contributed by atoms with Crippen LogP contribution >= 0.6 is 11.3 Å². The summed E-state index contributed by atoms with van der Waals surface area (Å²) >= 11 is 1.81. The van der Waals surface area contributed by atoms with E-state index in [-0.39, 0.29) is 5.41 Å². The van der Waals surface area contributed by atoms with Crippen molar-refractivity contribution in [2.75, 3.05) is 0 Å². The van der Waals surface area contributed by atoms with Gasteiger partial charge in [0.2, 0.25) is 0 Å². The van der Waals surface area contributed by atoms with E-state index in [0.717, 1.165) is 27.6 Å². The highest BCUT2D eigenvalue weighted by atomic mass is 32.1. The van der Waals surface area contributed by atoms with E-state index in [1.54, 1.807) is 0 Å². The van der Waals surface area contributed by atoms with Crippen LogP contribution < -0.4 is 0 Å². The molecule has 0 aliphatic heterocycles. The summed E-state index contributed by atoms with van der Waals surface area (Å²) in [5.74, 6) is 1.96. The summed E-state index contributed by atoms with van der Waals surface area (Å²) < 4.78 is 2.44. The Kier molecular flexibility index (Phi) is 8.02. The van der Waals surface area contributed by atoms with Gasteiger partial charge in [-0.25, -0.2) is 15.0 Å². The molecule has 2 aromatic heterocycles. The summed E-state index contributed by atoms with van der Waals surface area (Å²) in [7, 11) is 0. The van der Waals surface area contributed by atoms with Crippen LogP contribution in [0.3, 0.4) is 0 Å². The standard InChI is InChI=1S/C54H37N3S/c1-54(2)46-21-10-9-19-42(46)43-29-27-41(33-47(43)54)35-23-25-37(26-24-35)52-55-51(36-15-7-4-8-16-36)56-53(57-52)44-20-12-22-49-50(44)45-32-40(28-30-48(45)58-49)39-18-11-17-38(31-39)34-13-5-3-6-14-34/h3-33H,1-2H3. The average Bonchev–Trinajstić information content (AvgIpc) is 3.78. The number of hydrogen-bond donors (Lipinski definition) is 0. The fraction of sp³-hybridized carbons (Fsp3) is 0.0556. The van der Waals surface area contributed by atoms with Gasteiger partial charge in [0, 0.05) is 42.3 Å². The van der Waals surface area contributed by atoms with Crippen LogP contribution in [0.1, 0.15) is 25.0 Å². The quantitative estimate of drug-likeness (QED) is 0.169. The topological polar surface area (TPSA) is 38.7 Å². The van der Waals surface area contributed by atoms with Crippen molar-refractivity contribution in [2.45, 2.75) is 19.3 Å². The molecule has 0 spiro atoms. The van der Waals surface area contributed by atoms with E-state index in [1.165, 1.54) is 64.9 Å². The molecule has 274 valence electrons. The number of hydrogen-bond acceptors (Lipinski definition) is 4. The van der Waals surface area contributed by atoms with Gasteiger partial charge in [-0.15, -0.1) is 11.3 Å². The number of nitrogens with zero attached hydrogens (tertiary/aromatic N) is 3. The number of thiophene rings is 1. The van der Waals surface area contributed by atoms with Crippen LogP contribution in [0.25, 0.3) is 98.8 Å². The van der Waals surface area contributed by atoms with E-state index in [4.69, 9.17) is 15.0 Å². The second-order valence-electron chi connectivity index (χ2n) is 15.6. The van der Waals surface area contributed by atoms with Gasteiger partial charge in [0.15, 0.2) is 17.5 Å². The van der Waals surface area contributed by atoms with Gasteiger partial charge in [-0.2, -0.15) is 0 Å². The molecular formula is C54H37N3S. The molecule has 0 N–H and O–H groups in total. The highest BCUT2D eigenvalue weighted by Gasteiger charge is 2.35. The molecule has 8 aromatic carbocycles. The third-order valence-electron chi connectivity index (χ3n) is 11.8. The number of fused-ring (bicyclic) bond motifs is 6. The van der Waals surface area contributed by atoms with E-state index in [2.05, 4.69) is 184 Å². The van der Waals surface area contributed by atoms with Gasteiger partial charge in [-0.3, -0.25) is 0 Å². The molecule has 4 heteroatoms. The van der Waals surface area contributed by atoms with Crippen molar-refractivity contribution in [3.63, 3.8) is 0 Å². The monoisotopic (exact) mass is 759 g/mol. The molecule has 2 heterocycles. The molecule has 1 aliphatic rings. The number of benzene rings is 8. The fourth-order valence-electron chi connectivity index (χ4n) is 8.74. The van der Waals surface area contributed by atoms with E-state index in [9.17, 15) is 0 Å². The minimum absolute atomic E-state index is 0.0529. The Balaban J connectivity index is 1.01. The van der Waals surface area contributed by atoms with Crippen molar-refractivity contribution < 1.29 is 0 Å². The van der Waals surface area contributed by atoms with Crippen LogP contribution in [0.15, 0.2) is 188 Å². The summed E-state index contributed by atoms with van der Waals surface area (Å²) in [6, 6.07) is 67.3. The second-order valence-corrected chi connectivity index (χ2v) is 16.7. The third kappa shape index (κ3) is 5.76. The largest absolute Gasteiger partial charge is 0.208 e. The van der Waals surface area contributed by atoms with Crippen molar-refractivity contribution in [1.29, 1.82) is 0 Å². The summed E-state index contributed by atoms with van der Waals surface area (Å²) in [6.07, 6.45) is 0. The first-order valence-electron chi connectivity index (χ1n) is 19.8. The zero-order valence-corrected chi connectivity index (χ0v) is 33.0. The molecule has 0 radical (unpaired) electrons. The maximum absolute atomic E-state index is 5.24. The summed E-state index contributed by atoms with van der Waals surface area (Å²) in [5.41, 5.74) is 15.4. The van der Waals surface area contributed by atoms with Gasteiger partial charge in [0.05, 0.1) is 0 Å². The summed E-state index contributed by atoms with van der Waals surface area (Å²) in [4.78, 5) is 15.5. The van der Waals surface area contributed by atoms with E-state index < -0.39 is 0 Å². The Bertz CT molecular complexity index is 3180. The lowest BCUT2D eigenvalue weighted by Gasteiger charge is -2.22. The zero-order chi connectivity index (χ0) is 38.8. The predicted octanol–water partition coefficient (Wildman–Crippen LogP) is 14.5. The highest BCUT2D eigenvalue weighted by Crippen LogP contribution is 2.49. The molecule has 0 bridgehead atoms. The average molecular weight is 760 g/mol. The zero-order valence-electron chi connectivity index (χ0n) is 32.1. The molecule has 1 aliphatic carbocycles. The highest BCUT2D eigenvalue weighted by molar-refractivity contribution is 7.26. The Morgan fingerprint density at radius 2 is 0.845 bits per heavy atom. The first kappa shape index (κ1) is 34.3. The van der Waals surface area contributed by atoms with Gasteiger partial charge in [-0.1, -0.05) is 172 Å². The molecular weight excluding hydrogens is 723 g/mol. The molecule has 11 rings (SSSR count). The lowest BCUT2D eigenvalue weighted by Crippen LogP contribution is -2.14. The van der Waals surface area contributed by atoms with Crippen LogP contribution in [-0.2, 0) is 5.41 Å². The van der Waals surface area contributed by atoms with Crippen LogP contribution in [0.4, 0.5) is 0 Å². The maximum atomic E-state index is 5.24. The minimum atomic E-state index is -0.0529. The Labute approximate surface area is 342 Å². The SMILES string of the molecule is CC1(C)c2ccccc2-c2ccc(-c3ccc(-c4nc(-c5ccccc5)nc(-c5cccc6sc7ccc(-c8cccc(-c9ccccc9)c8)cc7c56)n4)cc3)cc21. The molecule has 0 atom stereocenters. The molecule has 0 unspecified atom stereocenters. The van der Waals surface area contributed by atoms with E-state index in [0.29, 0.717) is 17.5 Å². The van der Waals surface area contributed by atoms with Crippen LogP contribution in [-0.4, -0.2) is 15.0 Å². The summed E-state index contributed by atoms with van der Waals surface area (Å²) in [5, 5.41) is 2.36. The van der Waals surface area contributed by atoms with Gasteiger partial charge in [0.25, 0.3) is 0 Å². The predicted molar refractivity (Wildman–Crippen MR) is 243 cm³/mol. The van der Waals surface area contributed by atoms with Gasteiger partial charge in [-0.05, 0) is 86.0 Å². The third-order valence-corrected chi connectivity index (χ3v) is 12.9. The first-order valence-corrected chi connectivity index (χ1v) is 20.6. The Morgan fingerprint density at radius 3 is 1.62 bits per heavy atom. The smallest absolute Gasteiger partial charge is 0.164 e. The lowest BCUT2D eigenvalue weighted by molar-refractivity contribution is 0.660. The normalized spacial score (nSPS) is 12.8. The van der Waals surface area contributed by atoms with Crippen LogP contribution in [0.2, 0.25) is 0 Å². The van der Waals surface area contributed by atoms with Crippen molar-refractivity contribution in [1.82, 2.24) is 15.0 Å². The number of rotatable bonds is 6. The Morgan fingerprint density at radius 1 is 0.345 bits per heavy atom. The lowest BCUT2D eigenvalue weighted by atomic mass is 9.81. The van der Waals surface area contributed by atoms with E-state index in [1.807, 2.05) is 29.5 Å². The van der Waals surface area contributed by atoms with Crippen LogP contribution in [0, 0.1) is 0 Å².